The number of nitrogens with one attached hydrogen (secondary N) is 1. The van der Waals surface area contributed by atoms with Gasteiger partial charge in [-0.25, -0.2) is 8.42 Å². The van der Waals surface area contributed by atoms with Crippen molar-refractivity contribution in [2.45, 2.75) is 45.3 Å². The molecule has 0 aromatic rings. The molecule has 0 aromatic carbocycles. The molecule has 1 aliphatic rings. The highest BCUT2D eigenvalue weighted by molar-refractivity contribution is 7.91. The lowest BCUT2D eigenvalue weighted by molar-refractivity contribution is -0.00965. The van der Waals surface area contributed by atoms with Gasteiger partial charge in [-0.2, -0.15) is 0 Å². The average molecular weight is 249 g/mol. The van der Waals surface area contributed by atoms with E-state index in [2.05, 4.69) is 5.32 Å². The van der Waals surface area contributed by atoms with Gasteiger partial charge >= 0.3 is 0 Å². The van der Waals surface area contributed by atoms with E-state index >= 15 is 0 Å². The van der Waals surface area contributed by atoms with Crippen molar-refractivity contribution in [2.24, 2.45) is 0 Å². The Bertz CT molecular complexity index is 284. The molecule has 0 aromatic heterocycles. The predicted molar refractivity (Wildman–Crippen MR) is 65.4 cm³/mol. The molecule has 1 rings (SSSR count). The summed E-state index contributed by atoms with van der Waals surface area (Å²) in [5.41, 5.74) is 0. The summed E-state index contributed by atoms with van der Waals surface area (Å²) in [6.45, 7) is 5.28. The molecular weight excluding hydrogens is 226 g/mol. The Morgan fingerprint density at radius 3 is 2.56 bits per heavy atom. The summed E-state index contributed by atoms with van der Waals surface area (Å²) < 4.78 is 27.9. The first-order valence-electron chi connectivity index (χ1n) is 6.12. The monoisotopic (exact) mass is 249 g/mol. The van der Waals surface area contributed by atoms with E-state index in [4.69, 9.17) is 4.74 Å². The average Bonchev–Trinajstić information content (AvgIpc) is 2.20. The van der Waals surface area contributed by atoms with Crippen LogP contribution in [0, 0.1) is 0 Å². The van der Waals surface area contributed by atoms with Crippen molar-refractivity contribution >= 4 is 9.84 Å². The minimum Gasteiger partial charge on any atom is -0.378 e. The van der Waals surface area contributed by atoms with Crippen LogP contribution in [0.25, 0.3) is 0 Å². The quantitative estimate of drug-likeness (QED) is 0.651. The van der Waals surface area contributed by atoms with Gasteiger partial charge in [-0.1, -0.05) is 6.92 Å². The highest BCUT2D eigenvalue weighted by Gasteiger charge is 2.28. The smallest absolute Gasteiger partial charge is 0.150 e. The maximum absolute atomic E-state index is 11.2. The van der Waals surface area contributed by atoms with Crippen LogP contribution in [-0.2, 0) is 14.6 Å². The molecule has 0 heterocycles. The highest BCUT2D eigenvalue weighted by atomic mass is 32.2. The van der Waals surface area contributed by atoms with Gasteiger partial charge in [0, 0.05) is 18.4 Å². The van der Waals surface area contributed by atoms with Crippen molar-refractivity contribution in [1.29, 1.82) is 0 Å². The van der Waals surface area contributed by atoms with Crippen molar-refractivity contribution < 1.29 is 13.2 Å². The molecule has 96 valence electrons. The summed E-state index contributed by atoms with van der Waals surface area (Å²) in [6.07, 6.45) is 3.26. The number of hydrogen-bond donors (Lipinski definition) is 1. The van der Waals surface area contributed by atoms with E-state index in [-0.39, 0.29) is 5.75 Å². The molecule has 0 spiro atoms. The Balaban J connectivity index is 1.98. The molecule has 0 aliphatic heterocycles. The van der Waals surface area contributed by atoms with Crippen LogP contribution in [0.1, 0.15) is 33.1 Å². The van der Waals surface area contributed by atoms with E-state index in [0.717, 1.165) is 26.0 Å². The molecule has 0 unspecified atom stereocenters. The Morgan fingerprint density at radius 1 is 1.31 bits per heavy atom. The molecule has 5 heteroatoms. The number of hydrogen-bond acceptors (Lipinski definition) is 4. The van der Waals surface area contributed by atoms with Gasteiger partial charge in [0.15, 0.2) is 0 Å². The fraction of sp³-hybridized carbons (Fsp3) is 1.00. The Kier molecular flexibility index (Phi) is 5.72. The Labute approximate surface area is 98.7 Å². The van der Waals surface area contributed by atoms with Gasteiger partial charge in [-0.15, -0.1) is 0 Å². The summed E-state index contributed by atoms with van der Waals surface area (Å²) in [4.78, 5) is 0. The Hall–Kier alpha value is -0.130. The molecule has 1 fully saturated rings. The molecule has 16 heavy (non-hydrogen) atoms. The largest absolute Gasteiger partial charge is 0.378 e. The molecule has 1 aliphatic carbocycles. The van der Waals surface area contributed by atoms with Crippen LogP contribution in [0.4, 0.5) is 0 Å². The van der Waals surface area contributed by atoms with Gasteiger partial charge in [0.1, 0.15) is 9.84 Å². The van der Waals surface area contributed by atoms with E-state index < -0.39 is 9.84 Å². The van der Waals surface area contributed by atoms with Gasteiger partial charge in [0.2, 0.25) is 0 Å². The first kappa shape index (κ1) is 13.9. The van der Waals surface area contributed by atoms with Crippen LogP contribution < -0.4 is 5.32 Å². The first-order chi connectivity index (χ1) is 7.57. The molecule has 1 saturated carbocycles. The van der Waals surface area contributed by atoms with Gasteiger partial charge in [-0.05, 0) is 32.7 Å². The summed E-state index contributed by atoms with van der Waals surface area (Å²) in [5, 5.41) is 3.36. The van der Waals surface area contributed by atoms with Crippen molar-refractivity contribution in [3.8, 4) is 0 Å². The van der Waals surface area contributed by atoms with Crippen LogP contribution in [0.2, 0.25) is 0 Å². The number of rotatable bonds is 8. The van der Waals surface area contributed by atoms with E-state index in [1.54, 1.807) is 6.92 Å². The van der Waals surface area contributed by atoms with Crippen molar-refractivity contribution in [2.75, 3.05) is 24.7 Å². The van der Waals surface area contributed by atoms with Gasteiger partial charge < -0.3 is 10.1 Å². The van der Waals surface area contributed by atoms with Gasteiger partial charge in [0.25, 0.3) is 0 Å². The molecule has 1 N–H and O–H groups in total. The topological polar surface area (TPSA) is 55.4 Å². The lowest BCUT2D eigenvalue weighted by atomic mass is 9.89. The van der Waals surface area contributed by atoms with Crippen molar-refractivity contribution in [1.82, 2.24) is 5.32 Å². The zero-order valence-corrected chi connectivity index (χ0v) is 11.1. The fourth-order valence-corrected chi connectivity index (χ4v) is 2.72. The summed E-state index contributed by atoms with van der Waals surface area (Å²) in [5.74, 6) is 0.556. The van der Waals surface area contributed by atoms with E-state index in [0.29, 0.717) is 24.3 Å². The minimum absolute atomic E-state index is 0.253. The lowest BCUT2D eigenvalue weighted by Crippen LogP contribution is -2.45. The SMILES string of the molecule is CCOC1CC(NCCCS(=O)(=O)CC)C1. The van der Waals surface area contributed by atoms with Crippen LogP contribution in [0.15, 0.2) is 0 Å². The molecule has 0 radical (unpaired) electrons. The zero-order valence-electron chi connectivity index (χ0n) is 10.2. The molecular formula is C11H23NO3S. The predicted octanol–water partition coefficient (Wildman–Crippen LogP) is 0.968. The van der Waals surface area contributed by atoms with E-state index in [1.807, 2.05) is 6.92 Å². The highest BCUT2D eigenvalue weighted by Crippen LogP contribution is 2.22. The van der Waals surface area contributed by atoms with Crippen LogP contribution in [0.5, 0.6) is 0 Å². The zero-order chi connectivity index (χ0) is 12.0. The molecule has 0 atom stereocenters. The van der Waals surface area contributed by atoms with E-state index in [9.17, 15) is 8.42 Å². The Morgan fingerprint density at radius 2 is 2.00 bits per heavy atom. The molecule has 0 amide bonds. The third kappa shape index (κ3) is 4.80. The second-order valence-electron chi connectivity index (χ2n) is 4.29. The third-order valence-corrected chi connectivity index (χ3v) is 4.79. The van der Waals surface area contributed by atoms with Gasteiger partial charge in [-0.3, -0.25) is 0 Å². The summed E-state index contributed by atoms with van der Waals surface area (Å²) in [7, 11) is -2.79. The maximum atomic E-state index is 11.2. The molecule has 0 saturated heterocycles. The van der Waals surface area contributed by atoms with Gasteiger partial charge in [0.05, 0.1) is 11.9 Å². The van der Waals surface area contributed by atoms with Crippen LogP contribution >= 0.6 is 0 Å². The van der Waals surface area contributed by atoms with Crippen LogP contribution in [0.3, 0.4) is 0 Å². The number of ether oxygens (including phenoxy) is 1. The maximum Gasteiger partial charge on any atom is 0.150 e. The molecule has 4 nitrogen and oxygen atoms in total. The van der Waals surface area contributed by atoms with Crippen LogP contribution in [-0.4, -0.2) is 45.2 Å². The normalized spacial score (nSPS) is 25.4. The first-order valence-corrected chi connectivity index (χ1v) is 7.95. The summed E-state index contributed by atoms with van der Waals surface area (Å²) in [6, 6.07) is 0.529. The minimum atomic E-state index is -2.79. The standard InChI is InChI=1S/C11H23NO3S/c1-3-15-11-8-10(9-11)12-6-5-7-16(13,14)4-2/h10-12H,3-9H2,1-2H3. The second-order valence-corrected chi connectivity index (χ2v) is 6.76. The summed E-state index contributed by atoms with van der Waals surface area (Å²) >= 11 is 0. The van der Waals surface area contributed by atoms with Crippen molar-refractivity contribution in [3.63, 3.8) is 0 Å². The van der Waals surface area contributed by atoms with E-state index in [1.165, 1.54) is 0 Å². The fourth-order valence-electron chi connectivity index (χ4n) is 1.85. The third-order valence-electron chi connectivity index (χ3n) is 3.00. The van der Waals surface area contributed by atoms with Crippen molar-refractivity contribution in [3.05, 3.63) is 0 Å². The number of sulfone groups is 1. The molecule has 0 bridgehead atoms. The lowest BCUT2D eigenvalue weighted by Gasteiger charge is -2.35. The second kappa shape index (κ2) is 6.57.